The van der Waals surface area contributed by atoms with Gasteiger partial charge in [0, 0.05) is 28.6 Å². The molecule has 2 aromatic carbocycles. The molecular formula is C18H16Cl2N2O2S. The molecule has 1 fully saturated rings. The Kier molecular flexibility index (Phi) is 5.57. The van der Waals surface area contributed by atoms with E-state index < -0.39 is 5.92 Å². The van der Waals surface area contributed by atoms with Crippen molar-refractivity contribution in [3.05, 3.63) is 52.5 Å². The highest BCUT2D eigenvalue weighted by atomic mass is 35.5. The maximum atomic E-state index is 12.5. The van der Waals surface area contributed by atoms with Crippen molar-refractivity contribution in [2.45, 2.75) is 11.3 Å². The van der Waals surface area contributed by atoms with Crippen LogP contribution in [0.15, 0.2) is 47.4 Å². The molecule has 0 aliphatic carbocycles. The Balaban J connectivity index is 1.72. The van der Waals surface area contributed by atoms with Crippen LogP contribution in [0.5, 0.6) is 0 Å². The summed E-state index contributed by atoms with van der Waals surface area (Å²) in [7, 11) is 0. The first-order valence-corrected chi connectivity index (χ1v) is 9.66. The van der Waals surface area contributed by atoms with Gasteiger partial charge in [-0.15, -0.1) is 11.8 Å². The van der Waals surface area contributed by atoms with E-state index in [0.717, 1.165) is 10.6 Å². The van der Waals surface area contributed by atoms with Crippen molar-refractivity contribution in [1.82, 2.24) is 0 Å². The topological polar surface area (TPSA) is 49.4 Å². The van der Waals surface area contributed by atoms with Gasteiger partial charge in [-0.05, 0) is 42.7 Å². The van der Waals surface area contributed by atoms with E-state index in [1.54, 1.807) is 34.9 Å². The van der Waals surface area contributed by atoms with Gasteiger partial charge < -0.3 is 10.2 Å². The number of rotatable bonds is 4. The van der Waals surface area contributed by atoms with Gasteiger partial charge in [-0.1, -0.05) is 29.3 Å². The summed E-state index contributed by atoms with van der Waals surface area (Å²) >= 11 is 13.6. The van der Waals surface area contributed by atoms with Crippen LogP contribution < -0.4 is 10.2 Å². The normalized spacial score (nSPS) is 17.0. The van der Waals surface area contributed by atoms with Crippen LogP contribution in [-0.4, -0.2) is 24.6 Å². The molecule has 2 amide bonds. The van der Waals surface area contributed by atoms with Crippen molar-refractivity contribution in [2.75, 3.05) is 23.0 Å². The summed E-state index contributed by atoms with van der Waals surface area (Å²) in [6.07, 6.45) is 2.16. The van der Waals surface area contributed by atoms with Crippen LogP contribution in [0.25, 0.3) is 0 Å². The molecule has 0 bridgehead atoms. The lowest BCUT2D eigenvalue weighted by Gasteiger charge is -2.17. The molecule has 1 aliphatic rings. The summed E-state index contributed by atoms with van der Waals surface area (Å²) in [5.74, 6) is -0.695. The van der Waals surface area contributed by atoms with Gasteiger partial charge in [-0.25, -0.2) is 0 Å². The second-order valence-corrected chi connectivity index (χ2v) is 7.44. The number of anilines is 2. The van der Waals surface area contributed by atoms with Crippen LogP contribution in [-0.2, 0) is 9.59 Å². The number of carbonyl (C=O) groups is 2. The SMILES string of the molecule is CSc1cccc(N2CC(C(=O)Nc3ccc(Cl)cc3Cl)CC2=O)c1. The van der Waals surface area contributed by atoms with Crippen LogP contribution in [0, 0.1) is 5.92 Å². The smallest absolute Gasteiger partial charge is 0.229 e. The van der Waals surface area contributed by atoms with E-state index in [0.29, 0.717) is 22.3 Å². The zero-order chi connectivity index (χ0) is 18.0. The van der Waals surface area contributed by atoms with E-state index in [1.807, 2.05) is 30.5 Å². The quantitative estimate of drug-likeness (QED) is 0.763. The van der Waals surface area contributed by atoms with Crippen molar-refractivity contribution < 1.29 is 9.59 Å². The van der Waals surface area contributed by atoms with E-state index in [1.165, 1.54) is 0 Å². The zero-order valence-corrected chi connectivity index (χ0v) is 15.8. The fraction of sp³-hybridized carbons (Fsp3) is 0.222. The van der Waals surface area contributed by atoms with Crippen LogP contribution in [0.1, 0.15) is 6.42 Å². The summed E-state index contributed by atoms with van der Waals surface area (Å²) in [5.41, 5.74) is 1.31. The Morgan fingerprint density at radius 3 is 2.76 bits per heavy atom. The Bertz CT molecular complexity index is 828. The van der Waals surface area contributed by atoms with Gasteiger partial charge in [-0.2, -0.15) is 0 Å². The highest BCUT2D eigenvalue weighted by Gasteiger charge is 2.35. The average Bonchev–Trinajstić information content (AvgIpc) is 2.99. The van der Waals surface area contributed by atoms with Crippen molar-refractivity contribution in [2.24, 2.45) is 5.92 Å². The maximum Gasteiger partial charge on any atom is 0.229 e. The van der Waals surface area contributed by atoms with E-state index in [4.69, 9.17) is 23.2 Å². The average molecular weight is 395 g/mol. The number of hydrogen-bond donors (Lipinski definition) is 1. The van der Waals surface area contributed by atoms with Crippen molar-refractivity contribution in [3.8, 4) is 0 Å². The zero-order valence-electron chi connectivity index (χ0n) is 13.5. The second-order valence-electron chi connectivity index (χ2n) is 5.72. The summed E-state index contributed by atoms with van der Waals surface area (Å²) in [6.45, 7) is 0.355. The number of amides is 2. The molecule has 1 N–H and O–H groups in total. The summed E-state index contributed by atoms with van der Waals surface area (Å²) < 4.78 is 0. The maximum absolute atomic E-state index is 12.5. The molecular weight excluding hydrogens is 379 g/mol. The number of hydrogen-bond acceptors (Lipinski definition) is 3. The summed E-state index contributed by atoms with van der Waals surface area (Å²) in [5, 5.41) is 3.65. The molecule has 1 aliphatic heterocycles. The van der Waals surface area contributed by atoms with E-state index in [9.17, 15) is 9.59 Å². The number of nitrogens with zero attached hydrogens (tertiary/aromatic N) is 1. The molecule has 3 rings (SSSR count). The van der Waals surface area contributed by atoms with Crippen molar-refractivity contribution >= 4 is 58.2 Å². The van der Waals surface area contributed by atoms with Crippen LogP contribution in [0.2, 0.25) is 10.0 Å². The molecule has 4 nitrogen and oxygen atoms in total. The molecule has 1 unspecified atom stereocenters. The van der Waals surface area contributed by atoms with Crippen LogP contribution in [0.4, 0.5) is 11.4 Å². The molecule has 7 heteroatoms. The van der Waals surface area contributed by atoms with Gasteiger partial charge in [0.15, 0.2) is 0 Å². The highest BCUT2D eigenvalue weighted by Crippen LogP contribution is 2.30. The lowest BCUT2D eigenvalue weighted by Crippen LogP contribution is -2.28. The Morgan fingerprint density at radius 2 is 2.04 bits per heavy atom. The highest BCUT2D eigenvalue weighted by molar-refractivity contribution is 7.98. The van der Waals surface area contributed by atoms with Gasteiger partial charge in [0.1, 0.15) is 0 Å². The molecule has 25 heavy (non-hydrogen) atoms. The third-order valence-corrected chi connectivity index (χ3v) is 5.32. The lowest BCUT2D eigenvalue weighted by atomic mass is 10.1. The largest absolute Gasteiger partial charge is 0.324 e. The minimum Gasteiger partial charge on any atom is -0.324 e. The Hall–Kier alpha value is -1.69. The molecule has 0 saturated carbocycles. The van der Waals surface area contributed by atoms with Crippen molar-refractivity contribution in [1.29, 1.82) is 0 Å². The third kappa shape index (κ3) is 4.11. The van der Waals surface area contributed by atoms with Crippen molar-refractivity contribution in [3.63, 3.8) is 0 Å². The first-order valence-electron chi connectivity index (χ1n) is 7.68. The standard InChI is InChI=1S/C18H16Cl2N2O2S/c1-25-14-4-2-3-13(9-14)22-10-11(7-17(22)23)18(24)21-16-6-5-12(19)8-15(16)20/h2-6,8-9,11H,7,10H2,1H3,(H,21,24). The number of halogens is 2. The number of nitrogens with one attached hydrogen (secondary N) is 1. The molecule has 1 heterocycles. The van der Waals surface area contributed by atoms with Gasteiger partial charge >= 0.3 is 0 Å². The van der Waals surface area contributed by atoms with Gasteiger partial charge in [0.05, 0.1) is 16.6 Å². The number of thioether (sulfide) groups is 1. The fourth-order valence-electron chi connectivity index (χ4n) is 2.74. The van der Waals surface area contributed by atoms with Gasteiger partial charge in [0.25, 0.3) is 0 Å². The first-order chi connectivity index (χ1) is 12.0. The van der Waals surface area contributed by atoms with E-state index >= 15 is 0 Å². The molecule has 1 saturated heterocycles. The van der Waals surface area contributed by atoms with Gasteiger partial charge in [-0.3, -0.25) is 9.59 Å². The predicted molar refractivity (Wildman–Crippen MR) is 104 cm³/mol. The molecule has 0 aromatic heterocycles. The van der Waals surface area contributed by atoms with Gasteiger partial charge in [0.2, 0.25) is 11.8 Å². The second kappa shape index (κ2) is 7.68. The fourth-order valence-corrected chi connectivity index (χ4v) is 3.65. The predicted octanol–water partition coefficient (Wildman–Crippen LogP) is 4.71. The van der Waals surface area contributed by atoms with Crippen LogP contribution in [0.3, 0.4) is 0 Å². The van der Waals surface area contributed by atoms with Crippen LogP contribution >= 0.6 is 35.0 Å². The van der Waals surface area contributed by atoms with E-state index in [2.05, 4.69) is 5.32 Å². The number of benzene rings is 2. The Labute approximate surface area is 160 Å². The Morgan fingerprint density at radius 1 is 1.24 bits per heavy atom. The summed E-state index contributed by atoms with van der Waals surface area (Å²) in [4.78, 5) is 27.6. The third-order valence-electron chi connectivity index (χ3n) is 4.05. The molecule has 0 radical (unpaired) electrons. The van der Waals surface area contributed by atoms with E-state index in [-0.39, 0.29) is 18.2 Å². The molecule has 130 valence electrons. The molecule has 2 aromatic rings. The molecule has 1 atom stereocenters. The lowest BCUT2D eigenvalue weighted by molar-refractivity contribution is -0.122. The first kappa shape index (κ1) is 18.1. The summed E-state index contributed by atoms with van der Waals surface area (Å²) in [6, 6.07) is 12.6. The minimum atomic E-state index is -0.419. The minimum absolute atomic E-state index is 0.0550. The number of carbonyl (C=O) groups excluding carboxylic acids is 2. The monoisotopic (exact) mass is 394 g/mol. The molecule has 0 spiro atoms.